The van der Waals surface area contributed by atoms with Crippen molar-refractivity contribution in [2.75, 3.05) is 13.7 Å². The van der Waals surface area contributed by atoms with Crippen molar-refractivity contribution in [3.8, 4) is 0 Å². The Bertz CT molecular complexity index is 124. The zero-order chi connectivity index (χ0) is 6.97. The Morgan fingerprint density at radius 2 is 2.10 bits per heavy atom. The van der Waals surface area contributed by atoms with E-state index in [9.17, 15) is 0 Å². The van der Waals surface area contributed by atoms with Crippen LogP contribution in [0.25, 0.3) is 0 Å². The molecule has 1 aliphatic heterocycles. The van der Waals surface area contributed by atoms with Crippen molar-refractivity contribution >= 4 is 0 Å². The topological polar surface area (TPSA) is 12.5 Å². The lowest BCUT2D eigenvalue weighted by Gasteiger charge is -2.26. The fourth-order valence-electron chi connectivity index (χ4n) is 2.17. The van der Waals surface area contributed by atoms with Crippen molar-refractivity contribution in [3.63, 3.8) is 0 Å². The zero-order valence-corrected chi connectivity index (χ0v) is 6.55. The fourth-order valence-corrected chi connectivity index (χ4v) is 2.17. The van der Waals surface area contributed by atoms with E-state index >= 15 is 0 Å². The van der Waals surface area contributed by atoms with Crippen LogP contribution in [0.3, 0.4) is 0 Å². The molecule has 58 valence electrons. The van der Waals surface area contributed by atoms with Gasteiger partial charge in [0.1, 0.15) is 0 Å². The van der Waals surface area contributed by atoms with E-state index in [0.717, 1.165) is 18.6 Å². The van der Waals surface area contributed by atoms with Gasteiger partial charge in [0.25, 0.3) is 0 Å². The summed E-state index contributed by atoms with van der Waals surface area (Å²) in [5, 5.41) is 2.06. The summed E-state index contributed by atoms with van der Waals surface area (Å²) < 4.78 is 0. The number of fused-ring (bicyclic) bond motifs is 1. The van der Waals surface area contributed by atoms with Crippen LogP contribution in [0.5, 0.6) is 0 Å². The summed E-state index contributed by atoms with van der Waals surface area (Å²) in [4.78, 5) is 5.43. The van der Waals surface area contributed by atoms with Crippen molar-refractivity contribution < 1.29 is 4.84 Å². The normalized spacial score (nSPS) is 41.7. The van der Waals surface area contributed by atoms with E-state index in [1.165, 1.54) is 25.7 Å². The van der Waals surface area contributed by atoms with Gasteiger partial charge in [0, 0.05) is 19.0 Å². The van der Waals surface area contributed by atoms with E-state index in [1.807, 2.05) is 0 Å². The molecule has 0 aromatic rings. The van der Waals surface area contributed by atoms with Crippen molar-refractivity contribution in [3.05, 3.63) is 0 Å². The van der Waals surface area contributed by atoms with Gasteiger partial charge in [0.15, 0.2) is 0 Å². The molecule has 0 amide bonds. The smallest absolute Gasteiger partial charge is 0.0729 e. The lowest BCUT2D eigenvalue weighted by Crippen LogP contribution is -2.31. The van der Waals surface area contributed by atoms with Crippen LogP contribution in [-0.2, 0) is 4.84 Å². The summed E-state index contributed by atoms with van der Waals surface area (Å²) in [7, 11) is 2.07. The van der Waals surface area contributed by atoms with Crippen LogP contribution in [0.1, 0.15) is 25.7 Å². The first-order chi connectivity index (χ1) is 4.88. The second kappa shape index (κ2) is 2.51. The van der Waals surface area contributed by atoms with Crippen molar-refractivity contribution in [2.24, 2.45) is 5.92 Å². The molecule has 0 aromatic carbocycles. The highest BCUT2D eigenvalue weighted by molar-refractivity contribution is 4.82. The Balaban J connectivity index is 2.01. The molecular weight excluding hydrogens is 126 g/mol. The second-order valence-electron chi connectivity index (χ2n) is 3.45. The van der Waals surface area contributed by atoms with Gasteiger partial charge in [-0.3, -0.25) is 4.84 Å². The van der Waals surface area contributed by atoms with E-state index in [1.54, 1.807) is 0 Å². The standard InChI is InChI=1S/C8H15NO/c1-9-8-5-3-2-4-7(8)6-10-9/h7-8H,2-6H2,1H3/t7-,8-/m1/s1. The lowest BCUT2D eigenvalue weighted by atomic mass is 9.86. The molecular formula is C8H15NO. The van der Waals surface area contributed by atoms with E-state index in [2.05, 4.69) is 12.1 Å². The summed E-state index contributed by atoms with van der Waals surface area (Å²) in [6.45, 7) is 0.973. The number of nitrogens with zero attached hydrogens (tertiary/aromatic N) is 1. The summed E-state index contributed by atoms with van der Waals surface area (Å²) in [5.74, 6) is 0.846. The van der Waals surface area contributed by atoms with Gasteiger partial charge in [-0.1, -0.05) is 12.8 Å². The maximum atomic E-state index is 5.43. The van der Waals surface area contributed by atoms with Gasteiger partial charge in [-0.25, -0.2) is 0 Å². The fraction of sp³-hybridized carbons (Fsp3) is 1.00. The molecule has 2 atom stereocenters. The highest BCUT2D eigenvalue weighted by atomic mass is 16.7. The van der Waals surface area contributed by atoms with Gasteiger partial charge in [-0.15, -0.1) is 0 Å². The van der Waals surface area contributed by atoms with Crippen LogP contribution in [0.2, 0.25) is 0 Å². The molecule has 1 aliphatic carbocycles. The van der Waals surface area contributed by atoms with Crippen LogP contribution >= 0.6 is 0 Å². The van der Waals surface area contributed by atoms with Gasteiger partial charge in [0.2, 0.25) is 0 Å². The number of hydroxylamine groups is 2. The van der Waals surface area contributed by atoms with E-state index in [0.29, 0.717) is 0 Å². The zero-order valence-electron chi connectivity index (χ0n) is 6.55. The third-order valence-electron chi connectivity index (χ3n) is 2.83. The molecule has 2 fully saturated rings. The van der Waals surface area contributed by atoms with Gasteiger partial charge in [-0.2, -0.15) is 5.06 Å². The Morgan fingerprint density at radius 1 is 1.30 bits per heavy atom. The van der Waals surface area contributed by atoms with Gasteiger partial charge in [0.05, 0.1) is 6.61 Å². The monoisotopic (exact) mass is 141 g/mol. The van der Waals surface area contributed by atoms with Gasteiger partial charge in [-0.05, 0) is 12.8 Å². The Hall–Kier alpha value is -0.0800. The predicted molar refractivity (Wildman–Crippen MR) is 39.5 cm³/mol. The summed E-state index contributed by atoms with van der Waals surface area (Å²) in [6, 6.07) is 0.744. The van der Waals surface area contributed by atoms with E-state index in [-0.39, 0.29) is 0 Å². The van der Waals surface area contributed by atoms with Crippen LogP contribution in [0.4, 0.5) is 0 Å². The maximum absolute atomic E-state index is 5.43. The highest BCUT2D eigenvalue weighted by Crippen LogP contribution is 2.32. The Morgan fingerprint density at radius 3 is 2.90 bits per heavy atom. The SMILES string of the molecule is CN1OC[C@H]2CCCC[C@H]21. The molecule has 0 spiro atoms. The molecule has 0 N–H and O–H groups in total. The molecule has 1 heterocycles. The second-order valence-corrected chi connectivity index (χ2v) is 3.45. The van der Waals surface area contributed by atoms with Gasteiger partial charge >= 0.3 is 0 Å². The first-order valence-electron chi connectivity index (χ1n) is 4.23. The quantitative estimate of drug-likeness (QED) is 0.506. The van der Waals surface area contributed by atoms with Crippen LogP contribution in [0, 0.1) is 5.92 Å². The minimum absolute atomic E-state index is 0.744. The average Bonchev–Trinajstić information content (AvgIpc) is 2.34. The Labute approximate surface area is 62.1 Å². The first-order valence-corrected chi connectivity index (χ1v) is 4.23. The van der Waals surface area contributed by atoms with Crippen LogP contribution < -0.4 is 0 Å². The number of rotatable bonds is 0. The minimum Gasteiger partial charge on any atom is -0.299 e. The molecule has 2 nitrogen and oxygen atoms in total. The molecule has 10 heavy (non-hydrogen) atoms. The molecule has 0 unspecified atom stereocenters. The number of hydrogen-bond acceptors (Lipinski definition) is 2. The molecule has 0 bridgehead atoms. The molecule has 2 rings (SSSR count). The van der Waals surface area contributed by atoms with Crippen molar-refractivity contribution in [1.82, 2.24) is 5.06 Å². The van der Waals surface area contributed by atoms with E-state index < -0.39 is 0 Å². The molecule has 1 saturated heterocycles. The minimum atomic E-state index is 0.744. The predicted octanol–water partition coefficient (Wildman–Crippen LogP) is 1.42. The van der Waals surface area contributed by atoms with Crippen molar-refractivity contribution in [2.45, 2.75) is 31.7 Å². The third kappa shape index (κ3) is 0.956. The molecule has 2 aliphatic rings. The average molecular weight is 141 g/mol. The summed E-state index contributed by atoms with van der Waals surface area (Å²) >= 11 is 0. The summed E-state index contributed by atoms with van der Waals surface area (Å²) in [5.41, 5.74) is 0. The Kier molecular flexibility index (Phi) is 1.66. The third-order valence-corrected chi connectivity index (χ3v) is 2.83. The highest BCUT2D eigenvalue weighted by Gasteiger charge is 2.34. The maximum Gasteiger partial charge on any atom is 0.0729 e. The van der Waals surface area contributed by atoms with Crippen LogP contribution in [0.15, 0.2) is 0 Å². The molecule has 1 saturated carbocycles. The lowest BCUT2D eigenvalue weighted by molar-refractivity contribution is -0.111. The summed E-state index contributed by atoms with van der Waals surface area (Å²) in [6.07, 6.45) is 5.55. The van der Waals surface area contributed by atoms with E-state index in [4.69, 9.17) is 4.84 Å². The number of hydrogen-bond donors (Lipinski definition) is 0. The van der Waals surface area contributed by atoms with Crippen LogP contribution in [-0.4, -0.2) is 24.8 Å². The molecule has 0 radical (unpaired) electrons. The first kappa shape index (κ1) is 6.62. The van der Waals surface area contributed by atoms with Crippen molar-refractivity contribution in [1.29, 1.82) is 0 Å². The van der Waals surface area contributed by atoms with Gasteiger partial charge < -0.3 is 0 Å². The largest absolute Gasteiger partial charge is 0.299 e. The molecule has 0 aromatic heterocycles. The molecule has 2 heteroatoms.